The fourth-order valence-electron chi connectivity index (χ4n) is 2.47. The predicted octanol–water partition coefficient (Wildman–Crippen LogP) is 6.90. The summed E-state index contributed by atoms with van der Waals surface area (Å²) in [5.74, 6) is 0.884. The van der Waals surface area contributed by atoms with Crippen LogP contribution in [0.25, 0.3) is 0 Å². The zero-order chi connectivity index (χ0) is 13.5. The van der Waals surface area contributed by atoms with Gasteiger partial charge in [-0.15, -0.1) is 0 Å². The summed E-state index contributed by atoms with van der Waals surface area (Å²) in [5, 5.41) is 0. The van der Waals surface area contributed by atoms with Crippen LogP contribution in [0.3, 0.4) is 0 Å². The van der Waals surface area contributed by atoms with Crippen LogP contribution in [0.2, 0.25) is 0 Å². The molecule has 0 N–H and O–H groups in total. The standard InChI is InChI=1S/C18H36/c1-4-6-8-9-10-11-12-13-14-15-17-18(3)16-7-5-2/h5,7,18H,4,6,8-17H2,1-3H3. The van der Waals surface area contributed by atoms with Crippen molar-refractivity contribution in [2.24, 2.45) is 5.92 Å². The minimum absolute atomic E-state index is 0.884. The topological polar surface area (TPSA) is 0 Å². The van der Waals surface area contributed by atoms with Gasteiger partial charge in [-0.1, -0.05) is 96.6 Å². The van der Waals surface area contributed by atoms with Crippen molar-refractivity contribution in [2.45, 2.75) is 97.8 Å². The minimum Gasteiger partial charge on any atom is -0.0917 e. The monoisotopic (exact) mass is 252 g/mol. The lowest BCUT2D eigenvalue weighted by Gasteiger charge is -2.08. The Hall–Kier alpha value is -0.260. The van der Waals surface area contributed by atoms with E-state index in [2.05, 4.69) is 32.9 Å². The fraction of sp³-hybridized carbons (Fsp3) is 0.889. The maximum Gasteiger partial charge on any atom is -0.0325 e. The molecule has 0 bridgehead atoms. The van der Waals surface area contributed by atoms with Crippen LogP contribution in [0.15, 0.2) is 12.2 Å². The maximum atomic E-state index is 2.38. The quantitative estimate of drug-likeness (QED) is 0.247. The molecular weight excluding hydrogens is 216 g/mol. The average molecular weight is 252 g/mol. The molecule has 18 heavy (non-hydrogen) atoms. The van der Waals surface area contributed by atoms with E-state index in [1.165, 1.54) is 77.0 Å². The van der Waals surface area contributed by atoms with Crippen molar-refractivity contribution < 1.29 is 0 Å². The van der Waals surface area contributed by atoms with Gasteiger partial charge in [-0.05, 0) is 19.3 Å². The van der Waals surface area contributed by atoms with Gasteiger partial charge >= 0.3 is 0 Å². The predicted molar refractivity (Wildman–Crippen MR) is 85.1 cm³/mol. The van der Waals surface area contributed by atoms with Crippen LogP contribution >= 0.6 is 0 Å². The van der Waals surface area contributed by atoms with Crippen LogP contribution in [0, 0.1) is 5.92 Å². The van der Waals surface area contributed by atoms with Gasteiger partial charge in [-0.25, -0.2) is 0 Å². The molecule has 0 fully saturated rings. The van der Waals surface area contributed by atoms with Crippen molar-refractivity contribution in [3.63, 3.8) is 0 Å². The van der Waals surface area contributed by atoms with Gasteiger partial charge in [0.25, 0.3) is 0 Å². The number of hydrogen-bond acceptors (Lipinski definition) is 0. The smallest absolute Gasteiger partial charge is 0.0325 e. The Balaban J connectivity index is 3.06. The third-order valence-electron chi connectivity index (χ3n) is 3.82. The normalized spacial score (nSPS) is 13.3. The molecule has 0 heterocycles. The van der Waals surface area contributed by atoms with Crippen LogP contribution in [0.5, 0.6) is 0 Å². The lowest BCUT2D eigenvalue weighted by Crippen LogP contribution is -1.92. The minimum atomic E-state index is 0.884. The summed E-state index contributed by atoms with van der Waals surface area (Å²) >= 11 is 0. The van der Waals surface area contributed by atoms with Gasteiger partial charge < -0.3 is 0 Å². The molecule has 0 saturated heterocycles. The largest absolute Gasteiger partial charge is 0.0917 e. The summed E-state index contributed by atoms with van der Waals surface area (Å²) in [6.07, 6.45) is 21.7. The molecule has 0 radical (unpaired) electrons. The summed E-state index contributed by atoms with van der Waals surface area (Å²) in [7, 11) is 0. The van der Waals surface area contributed by atoms with Gasteiger partial charge in [0.1, 0.15) is 0 Å². The van der Waals surface area contributed by atoms with E-state index in [1.54, 1.807) is 0 Å². The van der Waals surface area contributed by atoms with E-state index in [4.69, 9.17) is 0 Å². The second-order valence-corrected chi connectivity index (χ2v) is 5.88. The van der Waals surface area contributed by atoms with Crippen molar-refractivity contribution in [1.29, 1.82) is 0 Å². The number of allylic oxidation sites excluding steroid dienone is 2. The number of rotatable bonds is 13. The molecule has 0 aliphatic carbocycles. The number of hydrogen-bond donors (Lipinski definition) is 0. The Labute approximate surface area is 116 Å². The highest BCUT2D eigenvalue weighted by atomic mass is 14.0. The first kappa shape index (κ1) is 17.7. The molecule has 0 nitrogen and oxygen atoms in total. The highest BCUT2D eigenvalue weighted by Gasteiger charge is 1.99. The third-order valence-corrected chi connectivity index (χ3v) is 3.82. The van der Waals surface area contributed by atoms with Crippen molar-refractivity contribution in [1.82, 2.24) is 0 Å². The molecule has 0 heteroatoms. The van der Waals surface area contributed by atoms with Crippen LogP contribution in [0.1, 0.15) is 97.8 Å². The zero-order valence-electron chi connectivity index (χ0n) is 13.2. The summed E-state index contributed by atoms with van der Waals surface area (Å²) in [5.41, 5.74) is 0. The molecule has 0 aromatic carbocycles. The van der Waals surface area contributed by atoms with Crippen molar-refractivity contribution in [3.8, 4) is 0 Å². The van der Waals surface area contributed by atoms with Crippen LogP contribution in [-0.4, -0.2) is 0 Å². The summed E-state index contributed by atoms with van der Waals surface area (Å²) < 4.78 is 0. The molecule has 0 saturated carbocycles. The lowest BCUT2D eigenvalue weighted by molar-refractivity contribution is 0.483. The third kappa shape index (κ3) is 13.8. The molecule has 0 aliphatic heterocycles. The van der Waals surface area contributed by atoms with E-state index in [0.717, 1.165) is 5.92 Å². The van der Waals surface area contributed by atoms with E-state index in [0.29, 0.717) is 0 Å². The van der Waals surface area contributed by atoms with Crippen LogP contribution < -0.4 is 0 Å². The SMILES string of the molecule is CC=CCC(C)CCCCCCCCCCCC. The Morgan fingerprint density at radius 3 is 1.78 bits per heavy atom. The van der Waals surface area contributed by atoms with E-state index < -0.39 is 0 Å². The highest BCUT2D eigenvalue weighted by molar-refractivity contribution is 4.78. The van der Waals surface area contributed by atoms with Crippen molar-refractivity contribution >= 4 is 0 Å². The molecule has 108 valence electrons. The van der Waals surface area contributed by atoms with Gasteiger partial charge in [0, 0.05) is 0 Å². The Bertz CT molecular complexity index is 169. The Morgan fingerprint density at radius 2 is 1.28 bits per heavy atom. The first-order chi connectivity index (χ1) is 8.81. The molecule has 0 aromatic heterocycles. The highest BCUT2D eigenvalue weighted by Crippen LogP contribution is 2.15. The van der Waals surface area contributed by atoms with E-state index >= 15 is 0 Å². The van der Waals surface area contributed by atoms with Gasteiger partial charge in [-0.2, -0.15) is 0 Å². The molecule has 0 aliphatic rings. The van der Waals surface area contributed by atoms with Crippen molar-refractivity contribution in [2.75, 3.05) is 0 Å². The summed E-state index contributed by atoms with van der Waals surface area (Å²) in [4.78, 5) is 0. The first-order valence-electron chi connectivity index (χ1n) is 8.42. The van der Waals surface area contributed by atoms with Crippen molar-refractivity contribution in [3.05, 3.63) is 12.2 Å². The average Bonchev–Trinajstić information content (AvgIpc) is 2.38. The molecule has 0 rings (SSSR count). The van der Waals surface area contributed by atoms with Gasteiger partial charge in [-0.3, -0.25) is 0 Å². The van der Waals surface area contributed by atoms with Gasteiger partial charge in [0.15, 0.2) is 0 Å². The molecular formula is C18H36. The summed E-state index contributed by atoms with van der Waals surface area (Å²) in [6.45, 7) is 6.79. The molecule has 0 amide bonds. The lowest BCUT2D eigenvalue weighted by atomic mass is 9.98. The molecule has 1 atom stereocenters. The first-order valence-corrected chi connectivity index (χ1v) is 8.42. The van der Waals surface area contributed by atoms with Crippen LogP contribution in [-0.2, 0) is 0 Å². The maximum absolute atomic E-state index is 2.38. The fourth-order valence-corrected chi connectivity index (χ4v) is 2.47. The van der Waals surface area contributed by atoms with Gasteiger partial charge in [0.05, 0.1) is 0 Å². The van der Waals surface area contributed by atoms with E-state index in [1.807, 2.05) is 0 Å². The van der Waals surface area contributed by atoms with Crippen LogP contribution in [0.4, 0.5) is 0 Å². The van der Waals surface area contributed by atoms with E-state index in [-0.39, 0.29) is 0 Å². The van der Waals surface area contributed by atoms with E-state index in [9.17, 15) is 0 Å². The summed E-state index contributed by atoms with van der Waals surface area (Å²) in [6, 6.07) is 0. The zero-order valence-corrected chi connectivity index (χ0v) is 13.2. The second kappa shape index (κ2) is 14.8. The second-order valence-electron chi connectivity index (χ2n) is 5.88. The molecule has 0 spiro atoms. The number of unbranched alkanes of at least 4 members (excludes halogenated alkanes) is 9. The Morgan fingerprint density at radius 1 is 0.778 bits per heavy atom. The molecule has 1 unspecified atom stereocenters. The molecule has 0 aromatic rings. The Kier molecular flexibility index (Phi) is 14.6. The van der Waals surface area contributed by atoms with Gasteiger partial charge in [0.2, 0.25) is 0 Å².